The predicted molar refractivity (Wildman–Crippen MR) is 69.2 cm³/mol. The molecule has 1 rings (SSSR count). The minimum Gasteiger partial charge on any atom is -0.480 e. The van der Waals surface area contributed by atoms with Crippen LogP contribution < -0.4 is 0 Å². The van der Waals surface area contributed by atoms with E-state index in [1.807, 2.05) is 0 Å². The standard InChI is InChI=1S/C13H26N2O2/c1-4-11(2)15(10-13(16)17)12-6-5-8-14(3)9-7-12/h11-12H,4-10H2,1-3H3,(H,16,17). The van der Waals surface area contributed by atoms with E-state index in [1.54, 1.807) is 0 Å². The molecule has 0 spiro atoms. The SMILES string of the molecule is CCC(C)N(CC(=O)O)C1CCCN(C)CC1. The van der Waals surface area contributed by atoms with Crippen LogP contribution in [0.4, 0.5) is 0 Å². The number of likely N-dealkylation sites (tertiary alicyclic amines) is 1. The first-order chi connectivity index (χ1) is 8.04. The Morgan fingerprint density at radius 3 is 2.76 bits per heavy atom. The Kier molecular flexibility index (Phi) is 5.92. The summed E-state index contributed by atoms with van der Waals surface area (Å²) >= 11 is 0. The van der Waals surface area contributed by atoms with E-state index < -0.39 is 5.97 Å². The molecule has 4 heteroatoms. The Morgan fingerprint density at radius 1 is 1.47 bits per heavy atom. The smallest absolute Gasteiger partial charge is 0.317 e. The molecule has 2 atom stereocenters. The summed E-state index contributed by atoms with van der Waals surface area (Å²) in [5.41, 5.74) is 0. The number of hydrogen-bond donors (Lipinski definition) is 1. The van der Waals surface area contributed by atoms with Crippen molar-refractivity contribution in [3.63, 3.8) is 0 Å². The maximum atomic E-state index is 11.0. The van der Waals surface area contributed by atoms with E-state index in [2.05, 4.69) is 30.7 Å². The molecule has 17 heavy (non-hydrogen) atoms. The van der Waals surface area contributed by atoms with Crippen LogP contribution in [0.25, 0.3) is 0 Å². The van der Waals surface area contributed by atoms with Crippen LogP contribution in [0, 0.1) is 0 Å². The highest BCUT2D eigenvalue weighted by Crippen LogP contribution is 2.19. The van der Waals surface area contributed by atoms with Gasteiger partial charge in [0.05, 0.1) is 6.54 Å². The average Bonchev–Trinajstić information content (AvgIpc) is 2.49. The molecule has 0 aromatic heterocycles. The summed E-state index contributed by atoms with van der Waals surface area (Å²) in [6.07, 6.45) is 4.41. The van der Waals surface area contributed by atoms with Gasteiger partial charge in [-0.05, 0) is 52.7 Å². The lowest BCUT2D eigenvalue weighted by Gasteiger charge is -2.34. The molecule has 0 saturated carbocycles. The van der Waals surface area contributed by atoms with Crippen molar-refractivity contribution in [3.05, 3.63) is 0 Å². The molecule has 0 radical (unpaired) electrons. The van der Waals surface area contributed by atoms with Gasteiger partial charge < -0.3 is 10.0 Å². The van der Waals surface area contributed by atoms with Crippen molar-refractivity contribution in [2.24, 2.45) is 0 Å². The number of carboxylic acid groups (broad SMARTS) is 1. The van der Waals surface area contributed by atoms with Crippen molar-refractivity contribution in [2.75, 3.05) is 26.7 Å². The van der Waals surface area contributed by atoms with Gasteiger partial charge in [-0.2, -0.15) is 0 Å². The second-order valence-electron chi connectivity index (χ2n) is 5.21. The topological polar surface area (TPSA) is 43.8 Å². The van der Waals surface area contributed by atoms with Gasteiger partial charge in [-0.3, -0.25) is 9.69 Å². The normalized spacial score (nSPS) is 24.6. The Labute approximate surface area is 105 Å². The van der Waals surface area contributed by atoms with E-state index in [-0.39, 0.29) is 6.54 Å². The predicted octanol–water partition coefficient (Wildman–Crippen LogP) is 1.66. The first-order valence-electron chi connectivity index (χ1n) is 6.70. The maximum Gasteiger partial charge on any atom is 0.317 e. The lowest BCUT2D eigenvalue weighted by atomic mass is 10.0. The first-order valence-corrected chi connectivity index (χ1v) is 6.70. The van der Waals surface area contributed by atoms with E-state index >= 15 is 0 Å². The Bertz CT molecular complexity index is 246. The van der Waals surface area contributed by atoms with Gasteiger partial charge in [0.25, 0.3) is 0 Å². The van der Waals surface area contributed by atoms with E-state index in [0.717, 1.165) is 32.4 Å². The monoisotopic (exact) mass is 242 g/mol. The third-order valence-corrected chi connectivity index (χ3v) is 3.87. The second kappa shape index (κ2) is 6.97. The van der Waals surface area contributed by atoms with Gasteiger partial charge in [0.2, 0.25) is 0 Å². The molecular formula is C13H26N2O2. The third kappa shape index (κ3) is 4.64. The zero-order chi connectivity index (χ0) is 12.8. The van der Waals surface area contributed by atoms with Crippen LogP contribution in [0.15, 0.2) is 0 Å². The molecule has 1 N–H and O–H groups in total. The van der Waals surface area contributed by atoms with Crippen molar-refractivity contribution >= 4 is 5.97 Å². The molecule has 0 amide bonds. The van der Waals surface area contributed by atoms with Crippen LogP contribution in [-0.2, 0) is 4.79 Å². The van der Waals surface area contributed by atoms with Crippen LogP contribution in [0.1, 0.15) is 39.5 Å². The fourth-order valence-corrected chi connectivity index (χ4v) is 2.59. The minimum absolute atomic E-state index is 0.184. The van der Waals surface area contributed by atoms with Crippen LogP contribution >= 0.6 is 0 Å². The number of nitrogens with zero attached hydrogens (tertiary/aromatic N) is 2. The molecule has 1 fully saturated rings. The molecule has 0 bridgehead atoms. The zero-order valence-corrected chi connectivity index (χ0v) is 11.4. The van der Waals surface area contributed by atoms with Gasteiger partial charge in [-0.25, -0.2) is 0 Å². The number of aliphatic carboxylic acids is 1. The highest BCUT2D eigenvalue weighted by molar-refractivity contribution is 5.69. The summed E-state index contributed by atoms with van der Waals surface area (Å²) in [6, 6.07) is 0.797. The van der Waals surface area contributed by atoms with Crippen LogP contribution in [-0.4, -0.2) is 59.6 Å². The van der Waals surface area contributed by atoms with Gasteiger partial charge in [-0.15, -0.1) is 0 Å². The van der Waals surface area contributed by atoms with Crippen molar-refractivity contribution in [2.45, 2.75) is 51.6 Å². The number of hydrogen-bond acceptors (Lipinski definition) is 3. The highest BCUT2D eigenvalue weighted by atomic mass is 16.4. The van der Waals surface area contributed by atoms with E-state index in [1.165, 1.54) is 6.42 Å². The van der Waals surface area contributed by atoms with Crippen LogP contribution in [0.5, 0.6) is 0 Å². The van der Waals surface area contributed by atoms with Crippen LogP contribution in [0.2, 0.25) is 0 Å². The first kappa shape index (κ1) is 14.5. The van der Waals surface area contributed by atoms with Crippen molar-refractivity contribution in [3.8, 4) is 0 Å². The summed E-state index contributed by atoms with van der Waals surface area (Å²) in [5, 5.41) is 9.03. The average molecular weight is 242 g/mol. The molecule has 100 valence electrons. The Morgan fingerprint density at radius 2 is 2.18 bits per heavy atom. The molecule has 1 aliphatic heterocycles. The summed E-state index contributed by atoms with van der Waals surface area (Å²) < 4.78 is 0. The molecule has 0 aliphatic carbocycles. The quantitative estimate of drug-likeness (QED) is 0.796. The molecule has 1 aliphatic rings. The summed E-state index contributed by atoms with van der Waals surface area (Å²) in [4.78, 5) is 15.5. The molecule has 1 saturated heterocycles. The van der Waals surface area contributed by atoms with Gasteiger partial charge >= 0.3 is 5.97 Å². The lowest BCUT2D eigenvalue weighted by molar-refractivity contribution is -0.139. The van der Waals surface area contributed by atoms with E-state index in [9.17, 15) is 4.79 Å². The summed E-state index contributed by atoms with van der Waals surface area (Å²) in [5.74, 6) is -0.706. The largest absolute Gasteiger partial charge is 0.480 e. The van der Waals surface area contributed by atoms with Crippen LogP contribution in [0.3, 0.4) is 0 Å². The molecular weight excluding hydrogens is 216 g/mol. The molecule has 1 heterocycles. The van der Waals surface area contributed by atoms with Gasteiger partial charge in [0.15, 0.2) is 0 Å². The number of rotatable bonds is 5. The van der Waals surface area contributed by atoms with Crippen molar-refractivity contribution < 1.29 is 9.90 Å². The molecule has 4 nitrogen and oxygen atoms in total. The highest BCUT2D eigenvalue weighted by Gasteiger charge is 2.26. The maximum absolute atomic E-state index is 11.0. The molecule has 0 aromatic carbocycles. The van der Waals surface area contributed by atoms with Crippen molar-refractivity contribution in [1.29, 1.82) is 0 Å². The number of carboxylic acids is 1. The van der Waals surface area contributed by atoms with Gasteiger partial charge in [-0.1, -0.05) is 6.92 Å². The number of carbonyl (C=O) groups is 1. The fourth-order valence-electron chi connectivity index (χ4n) is 2.59. The fraction of sp³-hybridized carbons (Fsp3) is 0.923. The van der Waals surface area contributed by atoms with E-state index in [4.69, 9.17) is 5.11 Å². The minimum atomic E-state index is -0.706. The molecule has 2 unspecified atom stereocenters. The molecule has 0 aromatic rings. The lowest BCUT2D eigenvalue weighted by Crippen LogP contribution is -2.45. The Hall–Kier alpha value is -0.610. The Balaban J connectivity index is 2.64. The summed E-state index contributed by atoms with van der Waals surface area (Å²) in [6.45, 7) is 6.67. The van der Waals surface area contributed by atoms with Gasteiger partial charge in [0.1, 0.15) is 0 Å². The van der Waals surface area contributed by atoms with Crippen molar-refractivity contribution in [1.82, 2.24) is 9.80 Å². The zero-order valence-electron chi connectivity index (χ0n) is 11.4. The second-order valence-corrected chi connectivity index (χ2v) is 5.21. The summed E-state index contributed by atoms with van der Waals surface area (Å²) in [7, 11) is 2.15. The van der Waals surface area contributed by atoms with E-state index in [0.29, 0.717) is 12.1 Å². The van der Waals surface area contributed by atoms with Gasteiger partial charge in [0, 0.05) is 12.1 Å². The third-order valence-electron chi connectivity index (χ3n) is 3.87.